The van der Waals surface area contributed by atoms with Crippen LogP contribution in [0.25, 0.3) is 0 Å². The van der Waals surface area contributed by atoms with Gasteiger partial charge >= 0.3 is 6.09 Å². The highest BCUT2D eigenvalue weighted by Crippen LogP contribution is 2.34. The number of nitrogens with zero attached hydrogens (tertiary/aromatic N) is 4. The molecule has 2 aliphatic heterocycles. The van der Waals surface area contributed by atoms with Crippen molar-refractivity contribution in [1.82, 2.24) is 14.7 Å². The number of carbonyl (C=O) groups is 3. The third-order valence-electron chi connectivity index (χ3n) is 8.31. The number of carboxylic acid groups (broad SMARTS) is 1. The molecule has 0 aromatic heterocycles. The van der Waals surface area contributed by atoms with Crippen LogP contribution in [-0.2, 0) is 16.1 Å². The van der Waals surface area contributed by atoms with Crippen molar-refractivity contribution in [2.24, 2.45) is 5.92 Å². The minimum Gasteiger partial charge on any atom is -0.478 e. The fourth-order valence-corrected chi connectivity index (χ4v) is 6.15. The molecule has 3 amide bonds. The summed E-state index contributed by atoms with van der Waals surface area (Å²) in [4.78, 5) is 45.2. The molecule has 2 heterocycles. The number of rotatable bonds is 8. The second-order valence-electron chi connectivity index (χ2n) is 11.9. The summed E-state index contributed by atoms with van der Waals surface area (Å²) in [5, 5.41) is 9.19. The van der Waals surface area contributed by atoms with Gasteiger partial charge in [-0.3, -0.25) is 9.59 Å². The quantitative estimate of drug-likeness (QED) is 0.436. The number of carbonyl (C=O) groups excluding carboxylic acids is 2. The Balaban J connectivity index is 1.23. The zero-order valence-corrected chi connectivity index (χ0v) is 25.7. The Hall–Kier alpha value is -3.34. The Morgan fingerprint density at radius 3 is 2.40 bits per heavy atom. The molecule has 3 fully saturated rings. The number of hydrogen-bond donors (Lipinski definition) is 1. The van der Waals surface area contributed by atoms with Gasteiger partial charge in [-0.1, -0.05) is 28.1 Å². The maximum Gasteiger partial charge on any atom is 0.407 e. The molecule has 1 atom stereocenters. The summed E-state index contributed by atoms with van der Waals surface area (Å²) >= 11 is 3.30. The fourth-order valence-electron chi connectivity index (χ4n) is 5.82. The number of benzene rings is 2. The van der Waals surface area contributed by atoms with Crippen LogP contribution in [-0.4, -0.2) is 88.6 Å². The van der Waals surface area contributed by atoms with E-state index in [4.69, 9.17) is 4.74 Å². The second-order valence-corrected chi connectivity index (χ2v) is 12.8. The molecule has 226 valence electrons. The number of amides is 3. The third kappa shape index (κ3) is 6.99. The molecule has 0 bridgehead atoms. The average Bonchev–Trinajstić information content (AvgIpc) is 3.81. The van der Waals surface area contributed by atoms with Gasteiger partial charge < -0.3 is 29.4 Å². The van der Waals surface area contributed by atoms with Gasteiger partial charge in [-0.2, -0.15) is 0 Å². The van der Waals surface area contributed by atoms with E-state index in [9.17, 15) is 23.9 Å². The maximum absolute atomic E-state index is 14.6. The zero-order valence-electron chi connectivity index (χ0n) is 24.1. The SMILES string of the molecule is CC(C)(Oc1cccc(N2CCCC(C(=O)N(Cc3ccc(Br)cc3F)C3CC3)C2)c1)C(=O)N1CCN(C(=O)O)CC1. The summed E-state index contributed by atoms with van der Waals surface area (Å²) in [5.41, 5.74) is 0.300. The lowest BCUT2D eigenvalue weighted by Gasteiger charge is -2.38. The van der Waals surface area contributed by atoms with Gasteiger partial charge in [0.1, 0.15) is 11.6 Å². The van der Waals surface area contributed by atoms with E-state index in [1.807, 2.05) is 29.2 Å². The van der Waals surface area contributed by atoms with E-state index in [0.29, 0.717) is 35.4 Å². The first-order valence-electron chi connectivity index (χ1n) is 14.6. The number of piperazine rings is 1. The Kier molecular flexibility index (Phi) is 8.96. The van der Waals surface area contributed by atoms with Gasteiger partial charge in [-0.05, 0) is 63.8 Å². The summed E-state index contributed by atoms with van der Waals surface area (Å²) in [6.45, 7) is 6.29. The second kappa shape index (κ2) is 12.5. The van der Waals surface area contributed by atoms with Gasteiger partial charge in [-0.25, -0.2) is 9.18 Å². The third-order valence-corrected chi connectivity index (χ3v) is 8.80. The van der Waals surface area contributed by atoms with Gasteiger partial charge in [0.2, 0.25) is 5.91 Å². The largest absolute Gasteiger partial charge is 0.478 e. The lowest BCUT2D eigenvalue weighted by Crippen LogP contribution is -2.56. The van der Waals surface area contributed by atoms with Crippen LogP contribution in [0.1, 0.15) is 45.1 Å². The van der Waals surface area contributed by atoms with Crippen LogP contribution in [0.4, 0.5) is 14.9 Å². The number of hydrogen-bond acceptors (Lipinski definition) is 5. The molecular weight excluding hydrogens is 607 g/mol. The van der Waals surface area contributed by atoms with Crippen molar-refractivity contribution in [3.63, 3.8) is 0 Å². The molecule has 2 aromatic carbocycles. The number of halogens is 2. The molecular formula is C31H38BrFN4O5. The molecule has 11 heteroatoms. The Labute approximate surface area is 254 Å². The van der Waals surface area contributed by atoms with E-state index in [-0.39, 0.29) is 49.2 Å². The van der Waals surface area contributed by atoms with Crippen LogP contribution in [0.5, 0.6) is 5.75 Å². The van der Waals surface area contributed by atoms with Crippen LogP contribution < -0.4 is 9.64 Å². The van der Waals surface area contributed by atoms with Crippen LogP contribution in [0.15, 0.2) is 46.9 Å². The molecule has 1 unspecified atom stereocenters. The van der Waals surface area contributed by atoms with Crippen molar-refractivity contribution in [3.05, 3.63) is 58.3 Å². The Morgan fingerprint density at radius 1 is 1.02 bits per heavy atom. The molecule has 1 saturated carbocycles. The fraction of sp³-hybridized carbons (Fsp3) is 0.516. The highest BCUT2D eigenvalue weighted by molar-refractivity contribution is 9.10. The number of piperidine rings is 1. The van der Waals surface area contributed by atoms with Crippen LogP contribution in [0, 0.1) is 11.7 Å². The van der Waals surface area contributed by atoms with Gasteiger partial charge in [0, 0.05) is 73.6 Å². The molecule has 3 aliphatic rings. The van der Waals surface area contributed by atoms with Crippen molar-refractivity contribution < 1.29 is 28.6 Å². The van der Waals surface area contributed by atoms with Crippen molar-refractivity contribution in [3.8, 4) is 5.75 Å². The van der Waals surface area contributed by atoms with E-state index < -0.39 is 11.7 Å². The van der Waals surface area contributed by atoms with Crippen molar-refractivity contribution in [1.29, 1.82) is 0 Å². The summed E-state index contributed by atoms with van der Waals surface area (Å²) in [5.74, 6) is -0.0665. The van der Waals surface area contributed by atoms with Crippen LogP contribution >= 0.6 is 15.9 Å². The molecule has 2 saturated heterocycles. The Bertz CT molecular complexity index is 1330. The smallest absolute Gasteiger partial charge is 0.407 e. The molecule has 42 heavy (non-hydrogen) atoms. The molecule has 1 aliphatic carbocycles. The zero-order chi connectivity index (χ0) is 30.0. The lowest BCUT2D eigenvalue weighted by atomic mass is 9.95. The van der Waals surface area contributed by atoms with Gasteiger partial charge in [0.15, 0.2) is 5.60 Å². The molecule has 5 rings (SSSR count). The predicted molar refractivity (Wildman–Crippen MR) is 160 cm³/mol. The highest BCUT2D eigenvalue weighted by Gasteiger charge is 2.39. The minimum atomic E-state index is -1.14. The summed E-state index contributed by atoms with van der Waals surface area (Å²) < 4.78 is 21.5. The lowest BCUT2D eigenvalue weighted by molar-refractivity contribution is -0.147. The maximum atomic E-state index is 14.6. The van der Waals surface area contributed by atoms with E-state index in [0.717, 1.165) is 37.9 Å². The molecule has 0 spiro atoms. The van der Waals surface area contributed by atoms with Crippen LogP contribution in [0.3, 0.4) is 0 Å². The minimum absolute atomic E-state index is 0.0756. The monoisotopic (exact) mass is 644 g/mol. The topological polar surface area (TPSA) is 93.6 Å². The molecule has 0 radical (unpaired) electrons. The standard InChI is InChI=1S/C31H38BrFN4O5/c1-31(2,29(39)34-13-15-35(16-14-34)30(40)41)42-26-7-3-6-25(18-26)36-12-4-5-22(19-36)28(38)37(24-10-11-24)20-21-8-9-23(32)17-27(21)33/h3,6-9,17-18,22,24H,4-5,10-16,19-20H2,1-2H3,(H,40,41). The molecule has 9 nitrogen and oxygen atoms in total. The number of ether oxygens (including phenoxy) is 1. The number of anilines is 1. The summed E-state index contributed by atoms with van der Waals surface area (Å²) in [6, 6.07) is 12.7. The Morgan fingerprint density at radius 2 is 1.74 bits per heavy atom. The van der Waals surface area contributed by atoms with Crippen molar-refractivity contribution in [2.75, 3.05) is 44.2 Å². The normalized spacial score (nSPS) is 19.4. The van der Waals surface area contributed by atoms with Gasteiger partial charge in [0.25, 0.3) is 5.91 Å². The van der Waals surface area contributed by atoms with E-state index in [1.54, 1.807) is 30.9 Å². The van der Waals surface area contributed by atoms with E-state index >= 15 is 0 Å². The average molecular weight is 646 g/mol. The highest BCUT2D eigenvalue weighted by atomic mass is 79.9. The van der Waals surface area contributed by atoms with E-state index in [1.165, 1.54) is 11.0 Å². The van der Waals surface area contributed by atoms with Crippen molar-refractivity contribution >= 4 is 39.5 Å². The summed E-state index contributed by atoms with van der Waals surface area (Å²) in [6.07, 6.45) is 2.56. The first-order valence-corrected chi connectivity index (χ1v) is 15.4. The molecule has 2 aromatic rings. The first-order chi connectivity index (χ1) is 20.0. The van der Waals surface area contributed by atoms with Gasteiger partial charge in [-0.15, -0.1) is 0 Å². The van der Waals surface area contributed by atoms with Gasteiger partial charge in [0.05, 0.1) is 5.92 Å². The molecule has 1 N–H and O–H groups in total. The van der Waals surface area contributed by atoms with Crippen molar-refractivity contribution in [2.45, 2.75) is 57.7 Å². The van der Waals surface area contributed by atoms with E-state index in [2.05, 4.69) is 20.8 Å². The first kappa shape index (κ1) is 30.1. The van der Waals surface area contributed by atoms with Crippen LogP contribution in [0.2, 0.25) is 0 Å². The summed E-state index contributed by atoms with van der Waals surface area (Å²) in [7, 11) is 0. The predicted octanol–water partition coefficient (Wildman–Crippen LogP) is 4.98.